The molecule has 2 aromatic carbocycles. The molecule has 4 heteroatoms. The number of carbonyl (C=O) groups is 1. The second-order valence-electron chi connectivity index (χ2n) is 5.69. The highest BCUT2D eigenvalue weighted by molar-refractivity contribution is 8.18. The number of benzene rings is 2. The Kier molecular flexibility index (Phi) is 4.35. The zero-order valence-corrected chi connectivity index (χ0v) is 14.2. The Labute approximate surface area is 140 Å². The number of amidine groups is 1. The number of carbonyl (C=O) groups excluding carboxylic acids is 1. The second-order valence-corrected chi connectivity index (χ2v) is 6.72. The lowest BCUT2D eigenvalue weighted by Gasteiger charge is -2.02. The highest BCUT2D eigenvalue weighted by Crippen LogP contribution is 2.29. The monoisotopic (exact) mass is 322 g/mol. The van der Waals surface area contributed by atoms with E-state index in [9.17, 15) is 4.79 Å². The molecule has 0 bridgehead atoms. The molecule has 1 aliphatic heterocycles. The number of nitrogens with zero attached hydrogens (tertiary/aromatic N) is 1. The van der Waals surface area contributed by atoms with E-state index in [1.807, 2.05) is 57.2 Å². The van der Waals surface area contributed by atoms with Crippen LogP contribution in [-0.2, 0) is 4.79 Å². The summed E-state index contributed by atoms with van der Waals surface area (Å²) in [6.07, 6.45) is 1.90. The molecule has 0 aromatic heterocycles. The number of nitrogens with one attached hydrogen (secondary N) is 1. The van der Waals surface area contributed by atoms with Gasteiger partial charge in [0, 0.05) is 0 Å². The molecule has 116 valence electrons. The first-order valence-electron chi connectivity index (χ1n) is 7.45. The Bertz CT molecular complexity index is 837. The third-order valence-electron chi connectivity index (χ3n) is 3.58. The van der Waals surface area contributed by atoms with E-state index in [0.717, 1.165) is 22.4 Å². The number of thioether (sulfide) groups is 1. The van der Waals surface area contributed by atoms with E-state index in [1.165, 1.54) is 17.3 Å². The topological polar surface area (TPSA) is 41.5 Å². The second kappa shape index (κ2) is 6.42. The van der Waals surface area contributed by atoms with Crippen LogP contribution in [0.5, 0.6) is 0 Å². The number of amides is 1. The molecule has 1 amide bonds. The Morgan fingerprint density at radius 2 is 1.83 bits per heavy atom. The third-order valence-corrected chi connectivity index (χ3v) is 4.49. The van der Waals surface area contributed by atoms with Crippen LogP contribution < -0.4 is 5.32 Å². The van der Waals surface area contributed by atoms with Gasteiger partial charge in [-0.3, -0.25) is 4.79 Å². The van der Waals surface area contributed by atoms with Crippen LogP contribution >= 0.6 is 11.8 Å². The number of aliphatic imine (C=N–C) groups is 1. The van der Waals surface area contributed by atoms with Crippen molar-refractivity contribution >= 4 is 34.6 Å². The zero-order valence-electron chi connectivity index (χ0n) is 13.4. The molecule has 1 aliphatic rings. The van der Waals surface area contributed by atoms with Crippen LogP contribution in [0.3, 0.4) is 0 Å². The quantitative estimate of drug-likeness (QED) is 0.827. The van der Waals surface area contributed by atoms with Crippen molar-refractivity contribution in [2.75, 3.05) is 0 Å². The highest BCUT2D eigenvalue weighted by atomic mass is 32.2. The van der Waals surface area contributed by atoms with E-state index in [1.54, 1.807) is 0 Å². The highest BCUT2D eigenvalue weighted by Gasteiger charge is 2.23. The summed E-state index contributed by atoms with van der Waals surface area (Å²) >= 11 is 1.38. The molecule has 0 spiro atoms. The van der Waals surface area contributed by atoms with E-state index >= 15 is 0 Å². The summed E-state index contributed by atoms with van der Waals surface area (Å²) in [5, 5.41) is 3.47. The van der Waals surface area contributed by atoms with Crippen LogP contribution in [0.1, 0.15) is 22.3 Å². The van der Waals surface area contributed by atoms with Gasteiger partial charge in [-0.1, -0.05) is 42.0 Å². The van der Waals surface area contributed by atoms with Crippen molar-refractivity contribution in [2.24, 2.45) is 4.99 Å². The van der Waals surface area contributed by atoms with Gasteiger partial charge >= 0.3 is 0 Å². The van der Waals surface area contributed by atoms with Crippen LogP contribution in [0.15, 0.2) is 52.4 Å². The molecule has 3 rings (SSSR count). The Morgan fingerprint density at radius 3 is 2.61 bits per heavy atom. The van der Waals surface area contributed by atoms with Crippen molar-refractivity contribution in [2.45, 2.75) is 20.8 Å². The van der Waals surface area contributed by atoms with E-state index in [2.05, 4.69) is 22.4 Å². The lowest BCUT2D eigenvalue weighted by Crippen LogP contribution is -2.19. The van der Waals surface area contributed by atoms with Crippen molar-refractivity contribution in [3.8, 4) is 0 Å². The van der Waals surface area contributed by atoms with Crippen molar-refractivity contribution in [1.82, 2.24) is 5.32 Å². The first kappa shape index (κ1) is 15.6. The van der Waals surface area contributed by atoms with Gasteiger partial charge in [0.05, 0.1) is 10.6 Å². The summed E-state index contributed by atoms with van der Waals surface area (Å²) in [5.74, 6) is -0.0967. The van der Waals surface area contributed by atoms with Crippen molar-refractivity contribution < 1.29 is 4.79 Å². The summed E-state index contributed by atoms with van der Waals surface area (Å²) in [5.41, 5.74) is 5.33. The molecule has 3 nitrogen and oxygen atoms in total. The molecule has 0 atom stereocenters. The molecule has 1 heterocycles. The summed E-state index contributed by atoms with van der Waals surface area (Å²) in [4.78, 5) is 17.4. The number of hydrogen-bond acceptors (Lipinski definition) is 3. The van der Waals surface area contributed by atoms with E-state index in [-0.39, 0.29) is 5.91 Å². The maximum atomic E-state index is 12.1. The molecular weight excluding hydrogens is 304 g/mol. The van der Waals surface area contributed by atoms with Gasteiger partial charge in [-0.25, -0.2) is 4.99 Å². The van der Waals surface area contributed by atoms with Gasteiger partial charge in [-0.2, -0.15) is 0 Å². The maximum Gasteiger partial charge on any atom is 0.264 e. The molecule has 1 fully saturated rings. The number of aryl methyl sites for hydroxylation is 3. The predicted octanol–water partition coefficient (Wildman–Crippen LogP) is 4.50. The third kappa shape index (κ3) is 3.71. The molecule has 1 N–H and O–H groups in total. The van der Waals surface area contributed by atoms with Gasteiger partial charge in [-0.15, -0.1) is 0 Å². The Balaban J connectivity index is 1.87. The first-order chi connectivity index (χ1) is 11.0. The first-order valence-corrected chi connectivity index (χ1v) is 8.26. The fraction of sp³-hybridized carbons (Fsp3) is 0.158. The van der Waals surface area contributed by atoms with Gasteiger partial charge in [-0.05, 0) is 61.4 Å². The van der Waals surface area contributed by atoms with Gasteiger partial charge in [0.15, 0.2) is 5.17 Å². The fourth-order valence-corrected chi connectivity index (χ4v) is 3.18. The van der Waals surface area contributed by atoms with Gasteiger partial charge in [0.25, 0.3) is 5.91 Å². The minimum atomic E-state index is -0.0967. The number of hydrogen-bond donors (Lipinski definition) is 1. The lowest BCUT2D eigenvalue weighted by molar-refractivity contribution is -0.115. The summed E-state index contributed by atoms with van der Waals surface area (Å²) in [7, 11) is 0. The average molecular weight is 322 g/mol. The maximum absolute atomic E-state index is 12.1. The van der Waals surface area contributed by atoms with Crippen LogP contribution in [0.4, 0.5) is 5.69 Å². The molecule has 23 heavy (non-hydrogen) atoms. The average Bonchev–Trinajstić information content (AvgIpc) is 2.83. The van der Waals surface area contributed by atoms with Crippen LogP contribution in [-0.4, -0.2) is 11.1 Å². The van der Waals surface area contributed by atoms with Crippen molar-refractivity contribution in [3.63, 3.8) is 0 Å². The molecule has 2 aromatic rings. The van der Waals surface area contributed by atoms with Crippen molar-refractivity contribution in [1.29, 1.82) is 0 Å². The Hall–Kier alpha value is -2.33. The van der Waals surface area contributed by atoms with Gasteiger partial charge < -0.3 is 5.32 Å². The van der Waals surface area contributed by atoms with Crippen molar-refractivity contribution in [3.05, 3.63) is 69.6 Å². The summed E-state index contributed by atoms with van der Waals surface area (Å²) < 4.78 is 0. The molecule has 0 unspecified atom stereocenters. The SMILES string of the molecule is Cc1cccc(/C=C2\SC(=Nc3cc(C)ccc3C)NC2=O)c1. The van der Waals surface area contributed by atoms with Crippen LogP contribution in [0, 0.1) is 20.8 Å². The van der Waals surface area contributed by atoms with Gasteiger partial charge in [0.2, 0.25) is 0 Å². The molecule has 0 aliphatic carbocycles. The van der Waals surface area contributed by atoms with Crippen LogP contribution in [0.2, 0.25) is 0 Å². The standard InChI is InChI=1S/C19H18N2OS/c1-12-5-4-6-15(9-12)11-17-18(22)21-19(23-17)20-16-10-13(2)7-8-14(16)3/h4-11H,1-3H3,(H,20,21,22)/b17-11-. The predicted molar refractivity (Wildman–Crippen MR) is 97.9 cm³/mol. The fourth-order valence-electron chi connectivity index (χ4n) is 2.34. The molecule has 0 saturated carbocycles. The van der Waals surface area contributed by atoms with E-state index in [0.29, 0.717) is 10.1 Å². The van der Waals surface area contributed by atoms with E-state index < -0.39 is 0 Å². The normalized spacial score (nSPS) is 17.8. The number of rotatable bonds is 2. The molecular formula is C19H18N2OS. The minimum Gasteiger partial charge on any atom is -0.300 e. The summed E-state index contributed by atoms with van der Waals surface area (Å²) in [6.45, 7) is 6.09. The van der Waals surface area contributed by atoms with E-state index in [4.69, 9.17) is 0 Å². The smallest absolute Gasteiger partial charge is 0.264 e. The van der Waals surface area contributed by atoms with Gasteiger partial charge in [0.1, 0.15) is 0 Å². The molecule has 1 saturated heterocycles. The molecule has 0 radical (unpaired) electrons. The largest absolute Gasteiger partial charge is 0.300 e. The zero-order chi connectivity index (χ0) is 16.4. The minimum absolute atomic E-state index is 0.0967. The Morgan fingerprint density at radius 1 is 1.04 bits per heavy atom. The van der Waals surface area contributed by atoms with Crippen LogP contribution in [0.25, 0.3) is 6.08 Å². The summed E-state index contributed by atoms with van der Waals surface area (Å²) in [6, 6.07) is 14.2. The lowest BCUT2D eigenvalue weighted by atomic mass is 10.1.